The van der Waals surface area contributed by atoms with Gasteiger partial charge in [0.25, 0.3) is 5.91 Å². The summed E-state index contributed by atoms with van der Waals surface area (Å²) in [6.45, 7) is 3.08. The minimum Gasteiger partial charge on any atom is -0.391 e. The number of likely N-dealkylation sites (tertiary alicyclic amines) is 1. The molecule has 2 heterocycles. The second-order valence-corrected chi connectivity index (χ2v) is 5.57. The number of carbonyl (C=O) groups excluding carboxylic acids is 1. The number of carbonyl (C=O) groups is 1. The van der Waals surface area contributed by atoms with Crippen molar-refractivity contribution in [2.75, 3.05) is 13.1 Å². The van der Waals surface area contributed by atoms with Gasteiger partial charge >= 0.3 is 0 Å². The van der Waals surface area contributed by atoms with Gasteiger partial charge in [0.1, 0.15) is 5.69 Å². The van der Waals surface area contributed by atoms with Gasteiger partial charge in [0, 0.05) is 18.8 Å². The molecule has 0 saturated carbocycles. The quantitative estimate of drug-likeness (QED) is 0.914. The fourth-order valence-corrected chi connectivity index (χ4v) is 2.64. The topological polar surface area (TPSA) is 58.4 Å². The van der Waals surface area contributed by atoms with Crippen molar-refractivity contribution in [1.82, 2.24) is 14.5 Å². The Morgan fingerprint density at radius 1 is 1.33 bits per heavy atom. The third kappa shape index (κ3) is 2.69. The zero-order valence-corrected chi connectivity index (χ0v) is 12.0. The smallest absolute Gasteiger partial charge is 0.272 e. The van der Waals surface area contributed by atoms with E-state index in [4.69, 9.17) is 0 Å². The highest BCUT2D eigenvalue weighted by Gasteiger charge is 2.29. The number of benzene rings is 1. The zero-order valence-electron chi connectivity index (χ0n) is 12.0. The average Bonchev–Trinajstić information content (AvgIpc) is 2.99. The molecule has 1 N–H and O–H groups in total. The van der Waals surface area contributed by atoms with Gasteiger partial charge in [0.05, 0.1) is 18.6 Å². The number of imidazole rings is 1. The van der Waals surface area contributed by atoms with E-state index >= 15 is 0 Å². The summed E-state index contributed by atoms with van der Waals surface area (Å²) in [5, 5.41) is 9.96. The Kier molecular flexibility index (Phi) is 3.75. The monoisotopic (exact) mass is 285 g/mol. The Bertz CT molecular complexity index is 623. The number of hydrogen-bond donors (Lipinski definition) is 1. The van der Waals surface area contributed by atoms with Crippen LogP contribution >= 0.6 is 0 Å². The van der Waals surface area contributed by atoms with Gasteiger partial charge in [0.2, 0.25) is 0 Å². The van der Waals surface area contributed by atoms with E-state index in [9.17, 15) is 9.90 Å². The van der Waals surface area contributed by atoms with Crippen LogP contribution in [0.2, 0.25) is 0 Å². The third-order valence-electron chi connectivity index (χ3n) is 4.10. The molecule has 5 heteroatoms. The molecule has 0 bridgehead atoms. The Morgan fingerprint density at radius 2 is 2.10 bits per heavy atom. The molecule has 3 rings (SSSR count). The number of aromatic nitrogens is 2. The first-order valence-electron chi connectivity index (χ1n) is 7.22. The van der Waals surface area contributed by atoms with Gasteiger partial charge in [-0.15, -0.1) is 0 Å². The van der Waals surface area contributed by atoms with Crippen molar-refractivity contribution in [3.63, 3.8) is 0 Å². The van der Waals surface area contributed by atoms with E-state index in [-0.39, 0.29) is 11.8 Å². The fourth-order valence-electron chi connectivity index (χ4n) is 2.64. The molecule has 2 unspecified atom stereocenters. The van der Waals surface area contributed by atoms with Gasteiger partial charge < -0.3 is 10.0 Å². The molecule has 0 radical (unpaired) electrons. The summed E-state index contributed by atoms with van der Waals surface area (Å²) < 4.78 is 1.78. The summed E-state index contributed by atoms with van der Waals surface area (Å²) >= 11 is 0. The maximum absolute atomic E-state index is 12.7. The molecule has 1 saturated heterocycles. The lowest BCUT2D eigenvalue weighted by atomic mass is 9.96. The van der Waals surface area contributed by atoms with Crippen molar-refractivity contribution in [3.8, 4) is 5.69 Å². The molecule has 5 nitrogen and oxygen atoms in total. The predicted octanol–water partition coefficient (Wildman–Crippen LogP) is 1.72. The SMILES string of the molecule is CC1CCN(C(=O)c2cncn2-c2ccccc2)CC1O. The molecule has 0 spiro atoms. The molecular weight excluding hydrogens is 266 g/mol. The molecule has 1 aliphatic heterocycles. The summed E-state index contributed by atoms with van der Waals surface area (Å²) in [4.78, 5) is 18.5. The van der Waals surface area contributed by atoms with Gasteiger partial charge in [-0.3, -0.25) is 9.36 Å². The second kappa shape index (κ2) is 5.69. The first kappa shape index (κ1) is 13.8. The zero-order chi connectivity index (χ0) is 14.8. The van der Waals surface area contributed by atoms with Gasteiger partial charge in [-0.05, 0) is 24.5 Å². The minimum atomic E-state index is -0.448. The average molecular weight is 285 g/mol. The number of aliphatic hydroxyl groups is 1. The highest BCUT2D eigenvalue weighted by atomic mass is 16.3. The second-order valence-electron chi connectivity index (χ2n) is 5.57. The number of rotatable bonds is 2. The van der Waals surface area contributed by atoms with Crippen LogP contribution in [-0.4, -0.2) is 44.7 Å². The Labute approximate surface area is 123 Å². The maximum atomic E-state index is 12.7. The largest absolute Gasteiger partial charge is 0.391 e. The third-order valence-corrected chi connectivity index (χ3v) is 4.10. The van der Waals surface area contributed by atoms with Crippen molar-refractivity contribution >= 4 is 5.91 Å². The molecule has 1 aliphatic rings. The molecule has 1 aromatic heterocycles. The lowest BCUT2D eigenvalue weighted by Crippen LogP contribution is -2.46. The summed E-state index contributed by atoms with van der Waals surface area (Å²) in [6, 6.07) is 9.66. The van der Waals surface area contributed by atoms with E-state index in [1.165, 1.54) is 0 Å². The van der Waals surface area contributed by atoms with Crippen LogP contribution in [0.1, 0.15) is 23.8 Å². The standard InChI is InChI=1S/C16H19N3O2/c1-12-7-8-18(10-15(12)20)16(21)14-9-17-11-19(14)13-5-3-2-4-6-13/h2-6,9,11-12,15,20H,7-8,10H2,1H3. The van der Waals surface area contributed by atoms with Crippen molar-refractivity contribution in [1.29, 1.82) is 0 Å². The Hall–Kier alpha value is -2.14. The van der Waals surface area contributed by atoms with Crippen LogP contribution in [0.5, 0.6) is 0 Å². The van der Waals surface area contributed by atoms with E-state index in [0.29, 0.717) is 18.8 Å². The molecule has 1 amide bonds. The van der Waals surface area contributed by atoms with Gasteiger partial charge in [0.15, 0.2) is 0 Å². The summed E-state index contributed by atoms with van der Waals surface area (Å²) in [7, 11) is 0. The van der Waals surface area contributed by atoms with Crippen molar-refractivity contribution in [3.05, 3.63) is 48.5 Å². The van der Waals surface area contributed by atoms with Crippen molar-refractivity contribution in [2.24, 2.45) is 5.92 Å². The van der Waals surface area contributed by atoms with E-state index in [0.717, 1.165) is 12.1 Å². The number of hydrogen-bond acceptors (Lipinski definition) is 3. The first-order chi connectivity index (χ1) is 10.2. The molecular formula is C16H19N3O2. The van der Waals surface area contributed by atoms with E-state index in [2.05, 4.69) is 4.98 Å². The van der Waals surface area contributed by atoms with Crippen molar-refractivity contribution < 1.29 is 9.90 Å². The molecule has 110 valence electrons. The lowest BCUT2D eigenvalue weighted by Gasteiger charge is -2.34. The number of para-hydroxylation sites is 1. The molecule has 1 fully saturated rings. The Morgan fingerprint density at radius 3 is 2.81 bits per heavy atom. The van der Waals surface area contributed by atoms with Crippen LogP contribution in [0.4, 0.5) is 0 Å². The first-order valence-corrected chi connectivity index (χ1v) is 7.22. The van der Waals surface area contributed by atoms with E-state index in [1.54, 1.807) is 22.0 Å². The van der Waals surface area contributed by atoms with E-state index < -0.39 is 6.10 Å². The number of piperidine rings is 1. The normalized spacial score (nSPS) is 22.3. The summed E-state index contributed by atoms with van der Waals surface area (Å²) in [6.07, 6.45) is 3.60. The molecule has 0 aliphatic carbocycles. The van der Waals surface area contributed by atoms with Crippen LogP contribution < -0.4 is 0 Å². The highest BCUT2D eigenvalue weighted by Crippen LogP contribution is 2.20. The number of amides is 1. The highest BCUT2D eigenvalue weighted by molar-refractivity contribution is 5.93. The summed E-state index contributed by atoms with van der Waals surface area (Å²) in [5.41, 5.74) is 1.44. The van der Waals surface area contributed by atoms with Crippen LogP contribution in [0.25, 0.3) is 5.69 Å². The lowest BCUT2D eigenvalue weighted by molar-refractivity contribution is 0.0244. The van der Waals surface area contributed by atoms with Crippen LogP contribution in [-0.2, 0) is 0 Å². The van der Waals surface area contributed by atoms with Gasteiger partial charge in [-0.25, -0.2) is 4.98 Å². The number of β-amino-alcohol motifs (C(OH)–C–C–N with tert-alkyl or cyclic N) is 1. The molecule has 2 atom stereocenters. The van der Waals surface area contributed by atoms with Gasteiger partial charge in [-0.1, -0.05) is 25.1 Å². The fraction of sp³-hybridized carbons (Fsp3) is 0.375. The van der Waals surface area contributed by atoms with E-state index in [1.807, 2.05) is 37.3 Å². The molecule has 2 aromatic rings. The number of nitrogens with zero attached hydrogens (tertiary/aromatic N) is 3. The maximum Gasteiger partial charge on any atom is 0.272 e. The predicted molar refractivity (Wildman–Crippen MR) is 79.3 cm³/mol. The van der Waals surface area contributed by atoms with Crippen LogP contribution in [0.3, 0.4) is 0 Å². The minimum absolute atomic E-state index is 0.0812. The number of aliphatic hydroxyl groups excluding tert-OH is 1. The molecule has 21 heavy (non-hydrogen) atoms. The summed E-state index contributed by atoms with van der Waals surface area (Å²) in [5.74, 6) is 0.162. The van der Waals surface area contributed by atoms with Crippen LogP contribution in [0.15, 0.2) is 42.9 Å². The van der Waals surface area contributed by atoms with Crippen molar-refractivity contribution in [2.45, 2.75) is 19.4 Å². The van der Waals surface area contributed by atoms with Gasteiger partial charge in [-0.2, -0.15) is 0 Å². The van der Waals surface area contributed by atoms with Crippen LogP contribution in [0, 0.1) is 5.92 Å². The Balaban J connectivity index is 1.85. The molecule has 1 aromatic carbocycles.